The van der Waals surface area contributed by atoms with E-state index in [-0.39, 0.29) is 5.91 Å². The van der Waals surface area contributed by atoms with Crippen LogP contribution in [-0.2, 0) is 0 Å². The van der Waals surface area contributed by atoms with Crippen LogP contribution in [0.5, 0.6) is 0 Å². The Balaban J connectivity index is 1.82. The molecular weight excluding hydrogens is 226 g/mol. The molecule has 18 heavy (non-hydrogen) atoms. The monoisotopic (exact) mass is 245 g/mol. The molecule has 1 aromatic rings. The average molecular weight is 245 g/mol. The van der Waals surface area contributed by atoms with Gasteiger partial charge in [0.1, 0.15) is 0 Å². The van der Waals surface area contributed by atoms with E-state index in [2.05, 4.69) is 10.3 Å². The Labute approximate surface area is 107 Å². The van der Waals surface area contributed by atoms with Crippen molar-refractivity contribution in [3.8, 4) is 0 Å². The Kier molecular flexibility index (Phi) is 2.74. The summed E-state index contributed by atoms with van der Waals surface area (Å²) in [5.74, 6) is 6.32. The van der Waals surface area contributed by atoms with Crippen molar-refractivity contribution in [1.29, 1.82) is 0 Å². The largest absolute Gasteiger partial charge is 0.335 e. The van der Waals surface area contributed by atoms with E-state index in [4.69, 9.17) is 5.84 Å². The van der Waals surface area contributed by atoms with Gasteiger partial charge in [0.05, 0.1) is 5.69 Å². The van der Waals surface area contributed by atoms with Crippen molar-refractivity contribution in [1.82, 2.24) is 4.90 Å². The number of hydrogen-bond donors (Lipinski definition) is 2. The minimum atomic E-state index is 0.175. The van der Waals surface area contributed by atoms with E-state index < -0.39 is 0 Å². The Morgan fingerprint density at radius 2 is 2.28 bits per heavy atom. The number of nitrogens with zero attached hydrogens (tertiary/aromatic N) is 1. The third-order valence-corrected chi connectivity index (χ3v) is 4.30. The molecule has 1 aliphatic carbocycles. The summed E-state index contributed by atoms with van der Waals surface area (Å²) in [6, 6.07) is 6.13. The summed E-state index contributed by atoms with van der Waals surface area (Å²) in [7, 11) is 0. The molecule has 1 amide bonds. The van der Waals surface area contributed by atoms with Gasteiger partial charge in [-0.2, -0.15) is 0 Å². The number of aryl methyl sites for hydroxylation is 1. The van der Waals surface area contributed by atoms with Crippen molar-refractivity contribution in [2.45, 2.75) is 32.2 Å². The molecule has 1 aliphatic heterocycles. The lowest BCUT2D eigenvalue weighted by Gasteiger charge is -2.27. The quantitative estimate of drug-likeness (QED) is 0.618. The normalized spacial score (nSPS) is 25.6. The number of piperidine rings is 1. The van der Waals surface area contributed by atoms with Crippen LogP contribution in [-0.4, -0.2) is 23.4 Å². The molecule has 3 rings (SSSR count). The summed E-state index contributed by atoms with van der Waals surface area (Å²) in [5, 5.41) is 0. The molecule has 4 nitrogen and oxygen atoms in total. The van der Waals surface area contributed by atoms with Crippen LogP contribution in [0.3, 0.4) is 0 Å². The van der Waals surface area contributed by atoms with E-state index in [0.717, 1.165) is 29.3 Å². The molecule has 1 saturated heterocycles. The lowest BCUT2D eigenvalue weighted by Crippen LogP contribution is -2.37. The number of anilines is 1. The third kappa shape index (κ3) is 1.77. The van der Waals surface area contributed by atoms with Crippen molar-refractivity contribution in [2.75, 3.05) is 12.0 Å². The minimum Gasteiger partial charge on any atom is -0.335 e. The molecule has 0 aromatic heterocycles. The van der Waals surface area contributed by atoms with Crippen molar-refractivity contribution < 1.29 is 4.79 Å². The van der Waals surface area contributed by atoms with Crippen molar-refractivity contribution in [3.05, 3.63) is 29.3 Å². The first kappa shape index (κ1) is 11.5. The van der Waals surface area contributed by atoms with Gasteiger partial charge in [0.25, 0.3) is 5.91 Å². The van der Waals surface area contributed by atoms with E-state index in [9.17, 15) is 4.79 Å². The summed E-state index contributed by atoms with van der Waals surface area (Å²) in [6.07, 6.45) is 3.68. The molecule has 4 heteroatoms. The van der Waals surface area contributed by atoms with Crippen LogP contribution in [0.25, 0.3) is 0 Å². The third-order valence-electron chi connectivity index (χ3n) is 4.30. The maximum atomic E-state index is 12.5. The van der Waals surface area contributed by atoms with E-state index in [0.29, 0.717) is 6.04 Å². The van der Waals surface area contributed by atoms with E-state index in [1.165, 1.54) is 19.3 Å². The van der Waals surface area contributed by atoms with Crippen LogP contribution >= 0.6 is 0 Å². The molecule has 0 radical (unpaired) electrons. The summed E-state index contributed by atoms with van der Waals surface area (Å²) in [4.78, 5) is 14.5. The lowest BCUT2D eigenvalue weighted by atomic mass is 10.1. The number of carbonyl (C=O) groups excluding carboxylic acids is 1. The predicted octanol–water partition coefficient (Wildman–Crippen LogP) is 1.91. The zero-order valence-corrected chi connectivity index (χ0v) is 10.6. The number of rotatable bonds is 2. The molecule has 2 atom stereocenters. The van der Waals surface area contributed by atoms with Gasteiger partial charge in [0.15, 0.2) is 0 Å². The predicted molar refractivity (Wildman–Crippen MR) is 71.2 cm³/mol. The molecule has 96 valence electrons. The SMILES string of the molecule is Cc1cc(C(=O)N2CC3CCC2C3)ccc1NN. The number of fused-ring (bicyclic) bond motifs is 2. The van der Waals surface area contributed by atoms with Crippen LogP contribution < -0.4 is 11.3 Å². The van der Waals surface area contributed by atoms with Crippen molar-refractivity contribution >= 4 is 11.6 Å². The highest BCUT2D eigenvalue weighted by atomic mass is 16.2. The molecule has 2 bridgehead atoms. The smallest absolute Gasteiger partial charge is 0.254 e. The summed E-state index contributed by atoms with van der Waals surface area (Å²) in [6.45, 7) is 2.90. The number of carbonyl (C=O) groups is 1. The zero-order chi connectivity index (χ0) is 12.7. The molecule has 3 N–H and O–H groups in total. The van der Waals surface area contributed by atoms with E-state index in [1.54, 1.807) is 0 Å². The fourth-order valence-corrected chi connectivity index (χ4v) is 3.30. The number of amides is 1. The summed E-state index contributed by atoms with van der Waals surface area (Å²) < 4.78 is 0. The second-order valence-corrected chi connectivity index (χ2v) is 5.46. The standard InChI is InChI=1S/C14H19N3O/c1-9-6-11(3-5-13(9)16-15)14(18)17-8-10-2-4-12(17)7-10/h3,5-6,10,12,16H,2,4,7-8,15H2,1H3. The number of nitrogens with two attached hydrogens (primary N) is 1. The zero-order valence-electron chi connectivity index (χ0n) is 10.6. The maximum absolute atomic E-state index is 12.5. The second-order valence-electron chi connectivity index (χ2n) is 5.46. The summed E-state index contributed by atoms with van der Waals surface area (Å²) in [5.41, 5.74) is 5.29. The number of nitrogens with one attached hydrogen (secondary N) is 1. The highest BCUT2D eigenvalue weighted by Gasteiger charge is 2.40. The Morgan fingerprint density at radius 3 is 2.83 bits per heavy atom. The Morgan fingerprint density at radius 1 is 1.44 bits per heavy atom. The molecule has 2 aliphatic rings. The van der Waals surface area contributed by atoms with Gasteiger partial charge in [-0.1, -0.05) is 0 Å². The van der Waals surface area contributed by atoms with Gasteiger partial charge in [0.2, 0.25) is 0 Å². The van der Waals surface area contributed by atoms with Gasteiger partial charge >= 0.3 is 0 Å². The molecule has 1 saturated carbocycles. The lowest BCUT2D eigenvalue weighted by molar-refractivity contribution is 0.0703. The van der Waals surface area contributed by atoms with Gasteiger partial charge in [-0.05, 0) is 55.9 Å². The van der Waals surface area contributed by atoms with Crippen LogP contribution in [0.15, 0.2) is 18.2 Å². The molecule has 0 spiro atoms. The topological polar surface area (TPSA) is 58.4 Å². The first-order valence-electron chi connectivity index (χ1n) is 6.57. The number of nitrogen functional groups attached to an aromatic ring is 1. The van der Waals surface area contributed by atoms with Gasteiger partial charge in [-0.15, -0.1) is 0 Å². The maximum Gasteiger partial charge on any atom is 0.254 e. The van der Waals surface area contributed by atoms with Crippen molar-refractivity contribution in [2.24, 2.45) is 11.8 Å². The first-order chi connectivity index (χ1) is 8.69. The molecule has 1 aromatic carbocycles. The second kappa shape index (κ2) is 4.28. The van der Waals surface area contributed by atoms with E-state index in [1.807, 2.05) is 25.1 Å². The fraction of sp³-hybridized carbons (Fsp3) is 0.500. The summed E-state index contributed by atoms with van der Waals surface area (Å²) >= 11 is 0. The molecule has 2 fully saturated rings. The highest BCUT2D eigenvalue weighted by Crippen LogP contribution is 2.38. The minimum absolute atomic E-state index is 0.175. The Hall–Kier alpha value is -1.55. The average Bonchev–Trinajstić information content (AvgIpc) is 3.00. The Bertz CT molecular complexity index is 486. The van der Waals surface area contributed by atoms with Gasteiger partial charge in [0, 0.05) is 18.2 Å². The van der Waals surface area contributed by atoms with Gasteiger partial charge in [-0.25, -0.2) is 0 Å². The number of hydrogen-bond acceptors (Lipinski definition) is 3. The number of benzene rings is 1. The van der Waals surface area contributed by atoms with E-state index >= 15 is 0 Å². The molecule has 2 unspecified atom stereocenters. The fourth-order valence-electron chi connectivity index (χ4n) is 3.30. The van der Waals surface area contributed by atoms with Crippen LogP contribution in [0.4, 0.5) is 5.69 Å². The molecular formula is C14H19N3O. The molecule has 1 heterocycles. The van der Waals surface area contributed by atoms with Crippen molar-refractivity contribution in [3.63, 3.8) is 0 Å². The van der Waals surface area contributed by atoms with Gasteiger partial charge < -0.3 is 10.3 Å². The highest BCUT2D eigenvalue weighted by molar-refractivity contribution is 5.95. The number of hydrazine groups is 1. The van der Waals surface area contributed by atoms with Crippen LogP contribution in [0.1, 0.15) is 35.2 Å². The number of likely N-dealkylation sites (tertiary alicyclic amines) is 1. The van der Waals surface area contributed by atoms with Crippen LogP contribution in [0, 0.1) is 12.8 Å². The first-order valence-corrected chi connectivity index (χ1v) is 6.57. The van der Waals surface area contributed by atoms with Crippen LogP contribution in [0.2, 0.25) is 0 Å². The van der Waals surface area contributed by atoms with Gasteiger partial charge in [-0.3, -0.25) is 10.6 Å².